The number of hydrogen-bond donors (Lipinski definition) is 1. The molecular formula is C20H32N2O3. The minimum atomic E-state index is -0.575. The predicted molar refractivity (Wildman–Crippen MR) is 101 cm³/mol. The molecule has 2 amide bonds. The zero-order valence-electron chi connectivity index (χ0n) is 16.6. The first kappa shape index (κ1) is 21.0. The summed E-state index contributed by atoms with van der Waals surface area (Å²) < 4.78 is 5.25. The Labute approximate surface area is 151 Å². The molecule has 0 aliphatic heterocycles. The molecule has 0 aliphatic carbocycles. The molecule has 1 aromatic rings. The van der Waals surface area contributed by atoms with Gasteiger partial charge in [-0.1, -0.05) is 44.2 Å². The van der Waals surface area contributed by atoms with E-state index >= 15 is 0 Å². The Kier molecular flexibility index (Phi) is 7.03. The predicted octanol–water partition coefficient (Wildman–Crippen LogP) is 3.73. The molecule has 0 aliphatic rings. The van der Waals surface area contributed by atoms with Crippen molar-refractivity contribution in [2.24, 2.45) is 0 Å². The number of hydrogen-bond acceptors (Lipinski definition) is 3. The number of nitrogens with zero attached hydrogens (tertiary/aromatic N) is 1. The van der Waals surface area contributed by atoms with Crippen LogP contribution in [0.5, 0.6) is 0 Å². The lowest BCUT2D eigenvalue weighted by molar-refractivity contribution is -0.122. The Hall–Kier alpha value is -2.04. The zero-order chi connectivity index (χ0) is 19.3. The van der Waals surface area contributed by atoms with Gasteiger partial charge in [0.25, 0.3) is 0 Å². The monoisotopic (exact) mass is 348 g/mol. The molecule has 0 spiro atoms. The number of carbonyl (C=O) groups excluding carboxylic acids is 2. The highest BCUT2D eigenvalue weighted by atomic mass is 16.6. The Morgan fingerprint density at radius 2 is 1.68 bits per heavy atom. The van der Waals surface area contributed by atoms with E-state index in [1.807, 2.05) is 25.1 Å². The van der Waals surface area contributed by atoms with Gasteiger partial charge in [-0.3, -0.25) is 4.79 Å². The molecule has 0 fully saturated rings. The first-order chi connectivity index (χ1) is 11.4. The molecule has 1 N–H and O–H groups in total. The number of benzene rings is 1. The van der Waals surface area contributed by atoms with Gasteiger partial charge in [0.15, 0.2) is 0 Å². The van der Waals surface area contributed by atoms with Gasteiger partial charge in [-0.2, -0.15) is 0 Å². The van der Waals surface area contributed by atoms with Crippen molar-refractivity contribution in [2.75, 3.05) is 13.6 Å². The molecule has 5 heteroatoms. The van der Waals surface area contributed by atoms with Crippen LogP contribution in [-0.2, 0) is 14.9 Å². The second-order valence-electron chi connectivity index (χ2n) is 8.26. The SMILES string of the molecule is CC(CC(C)(C)c1ccccc1)NC(=O)CN(C)C(=O)OC(C)(C)C. The van der Waals surface area contributed by atoms with Gasteiger partial charge in [-0.25, -0.2) is 4.79 Å². The highest BCUT2D eigenvalue weighted by Crippen LogP contribution is 2.28. The largest absolute Gasteiger partial charge is 0.444 e. The van der Waals surface area contributed by atoms with E-state index < -0.39 is 11.7 Å². The summed E-state index contributed by atoms with van der Waals surface area (Å²) in [7, 11) is 1.56. The summed E-state index contributed by atoms with van der Waals surface area (Å²) >= 11 is 0. The minimum absolute atomic E-state index is 0.00487. The zero-order valence-corrected chi connectivity index (χ0v) is 16.6. The molecule has 0 saturated heterocycles. The van der Waals surface area contributed by atoms with Crippen molar-refractivity contribution in [3.63, 3.8) is 0 Å². The molecule has 5 nitrogen and oxygen atoms in total. The van der Waals surface area contributed by atoms with Crippen LogP contribution in [0.4, 0.5) is 4.79 Å². The van der Waals surface area contributed by atoms with Crippen LogP contribution in [0.1, 0.15) is 53.5 Å². The van der Waals surface area contributed by atoms with Crippen molar-refractivity contribution in [2.45, 2.75) is 65.0 Å². The van der Waals surface area contributed by atoms with Crippen LogP contribution >= 0.6 is 0 Å². The lowest BCUT2D eigenvalue weighted by atomic mass is 9.79. The molecule has 0 saturated carbocycles. The highest BCUT2D eigenvalue weighted by Gasteiger charge is 2.25. The number of carbonyl (C=O) groups is 2. The molecule has 0 bridgehead atoms. The standard InChI is InChI=1S/C20H32N2O3/c1-15(13-20(5,6)16-11-9-8-10-12-16)21-17(23)14-22(7)18(24)25-19(2,3)4/h8-12,15H,13-14H2,1-7H3,(H,21,23). The number of rotatable bonds is 6. The Balaban J connectivity index is 2.52. The second kappa shape index (κ2) is 8.37. The Morgan fingerprint density at radius 3 is 2.20 bits per heavy atom. The van der Waals surface area contributed by atoms with Gasteiger partial charge >= 0.3 is 6.09 Å². The Morgan fingerprint density at radius 1 is 1.12 bits per heavy atom. The molecule has 140 valence electrons. The average molecular weight is 348 g/mol. The van der Waals surface area contributed by atoms with Crippen molar-refractivity contribution in [1.82, 2.24) is 10.2 Å². The van der Waals surface area contributed by atoms with Gasteiger partial charge < -0.3 is 15.0 Å². The first-order valence-electron chi connectivity index (χ1n) is 8.70. The molecule has 1 unspecified atom stereocenters. The summed E-state index contributed by atoms with van der Waals surface area (Å²) in [4.78, 5) is 25.4. The second-order valence-corrected chi connectivity index (χ2v) is 8.26. The Bertz CT molecular complexity index is 576. The fourth-order valence-electron chi connectivity index (χ4n) is 2.76. The molecule has 0 aromatic heterocycles. The lowest BCUT2D eigenvalue weighted by Crippen LogP contribution is -2.44. The van der Waals surface area contributed by atoms with Crippen LogP contribution in [0.2, 0.25) is 0 Å². The van der Waals surface area contributed by atoms with Gasteiger partial charge in [0.1, 0.15) is 12.1 Å². The molecule has 0 heterocycles. The van der Waals surface area contributed by atoms with Crippen LogP contribution in [-0.4, -0.2) is 42.1 Å². The van der Waals surface area contributed by atoms with Crippen LogP contribution < -0.4 is 5.32 Å². The van der Waals surface area contributed by atoms with Crippen molar-refractivity contribution >= 4 is 12.0 Å². The molecule has 1 aromatic carbocycles. The molecule has 1 rings (SSSR count). The summed E-state index contributed by atoms with van der Waals surface area (Å²) in [5.41, 5.74) is 0.613. The quantitative estimate of drug-likeness (QED) is 0.852. The van der Waals surface area contributed by atoms with Crippen molar-refractivity contribution in [3.05, 3.63) is 35.9 Å². The van der Waals surface area contributed by atoms with Crippen LogP contribution in [0, 0.1) is 0 Å². The van der Waals surface area contributed by atoms with Crippen molar-refractivity contribution in [3.8, 4) is 0 Å². The average Bonchev–Trinajstić information content (AvgIpc) is 2.45. The van der Waals surface area contributed by atoms with E-state index in [0.717, 1.165) is 6.42 Å². The van der Waals surface area contributed by atoms with Gasteiger partial charge in [-0.05, 0) is 45.1 Å². The van der Waals surface area contributed by atoms with Crippen molar-refractivity contribution in [1.29, 1.82) is 0 Å². The van der Waals surface area contributed by atoms with E-state index in [-0.39, 0.29) is 23.9 Å². The summed E-state index contributed by atoms with van der Waals surface area (Å²) in [6.07, 6.45) is 0.304. The van der Waals surface area contributed by atoms with Crippen molar-refractivity contribution < 1.29 is 14.3 Å². The normalized spacial score (nSPS) is 13.1. The van der Waals surface area contributed by atoms with E-state index in [4.69, 9.17) is 4.74 Å². The first-order valence-corrected chi connectivity index (χ1v) is 8.70. The summed E-state index contributed by atoms with van der Waals surface area (Å²) in [6, 6.07) is 10.2. The third kappa shape index (κ3) is 7.59. The number of nitrogens with one attached hydrogen (secondary N) is 1. The maximum absolute atomic E-state index is 12.2. The van der Waals surface area contributed by atoms with Gasteiger partial charge in [0, 0.05) is 13.1 Å². The fourth-order valence-corrected chi connectivity index (χ4v) is 2.76. The van der Waals surface area contributed by atoms with E-state index in [9.17, 15) is 9.59 Å². The molecule has 0 radical (unpaired) electrons. The fraction of sp³-hybridized carbons (Fsp3) is 0.600. The number of ether oxygens (including phenoxy) is 1. The summed E-state index contributed by atoms with van der Waals surface area (Å²) in [6.45, 7) is 11.7. The third-order valence-electron chi connectivity index (χ3n) is 3.87. The van der Waals surface area contributed by atoms with Crippen LogP contribution in [0.3, 0.4) is 0 Å². The topological polar surface area (TPSA) is 58.6 Å². The lowest BCUT2D eigenvalue weighted by Gasteiger charge is -2.29. The van der Waals surface area contributed by atoms with Crippen LogP contribution in [0.25, 0.3) is 0 Å². The number of likely N-dealkylation sites (N-methyl/N-ethyl adjacent to an activating group) is 1. The molecule has 1 atom stereocenters. The van der Waals surface area contributed by atoms with E-state index in [1.54, 1.807) is 27.8 Å². The van der Waals surface area contributed by atoms with Gasteiger partial charge in [0.05, 0.1) is 0 Å². The highest BCUT2D eigenvalue weighted by molar-refractivity contribution is 5.82. The van der Waals surface area contributed by atoms with Gasteiger partial charge in [0.2, 0.25) is 5.91 Å². The summed E-state index contributed by atoms with van der Waals surface area (Å²) in [5.74, 6) is -0.190. The summed E-state index contributed by atoms with van der Waals surface area (Å²) in [5, 5.41) is 2.97. The van der Waals surface area contributed by atoms with E-state index in [0.29, 0.717) is 0 Å². The maximum Gasteiger partial charge on any atom is 0.410 e. The molecule has 25 heavy (non-hydrogen) atoms. The minimum Gasteiger partial charge on any atom is -0.444 e. The molecular weight excluding hydrogens is 316 g/mol. The smallest absolute Gasteiger partial charge is 0.410 e. The third-order valence-corrected chi connectivity index (χ3v) is 3.87. The van der Waals surface area contributed by atoms with Gasteiger partial charge in [-0.15, -0.1) is 0 Å². The maximum atomic E-state index is 12.2. The number of amides is 2. The van der Waals surface area contributed by atoms with E-state index in [1.165, 1.54) is 10.5 Å². The van der Waals surface area contributed by atoms with E-state index in [2.05, 4.69) is 31.3 Å². The van der Waals surface area contributed by atoms with Crippen LogP contribution in [0.15, 0.2) is 30.3 Å².